The number of hydrogen-bond donors (Lipinski definition) is 0. The van der Waals surface area contributed by atoms with E-state index in [-0.39, 0.29) is 5.54 Å². The zero-order valence-electron chi connectivity index (χ0n) is 17.6. The van der Waals surface area contributed by atoms with Gasteiger partial charge in [0.2, 0.25) is 0 Å². The van der Waals surface area contributed by atoms with Crippen molar-refractivity contribution in [3.8, 4) is 0 Å². The number of unbranched alkanes of at least 4 members (excludes halogenated alkanes) is 1. The average molecular weight is 325 g/mol. The van der Waals surface area contributed by atoms with Crippen molar-refractivity contribution in [2.75, 3.05) is 13.6 Å². The van der Waals surface area contributed by atoms with Gasteiger partial charge in [-0.15, -0.1) is 0 Å². The number of allylic oxidation sites excluding steroid dienone is 2. The summed E-state index contributed by atoms with van der Waals surface area (Å²) in [6.45, 7) is 19.6. The molecule has 0 rings (SSSR count). The number of hydrogen-bond acceptors (Lipinski definition) is 2. The van der Waals surface area contributed by atoms with Crippen LogP contribution in [0.5, 0.6) is 0 Å². The molecular weight excluding hydrogens is 280 g/mol. The molecule has 0 spiro atoms. The number of rotatable bonds is 11. The fourth-order valence-corrected chi connectivity index (χ4v) is 3.01. The fraction of sp³-hybridized carbons (Fsp3) is 0.905. The third kappa shape index (κ3) is 9.52. The Morgan fingerprint density at radius 1 is 0.957 bits per heavy atom. The smallest absolute Gasteiger partial charge is 0.0272 e. The van der Waals surface area contributed by atoms with Crippen LogP contribution < -0.4 is 0 Å². The van der Waals surface area contributed by atoms with Crippen molar-refractivity contribution in [3.05, 3.63) is 12.2 Å². The SMILES string of the molecule is CCN(N(C)C(C)CCCC=CCCC(C)(C)CC)C(C)(C)C. The predicted octanol–water partition coefficient (Wildman–Crippen LogP) is 6.29. The standard InChI is InChI=1S/C21H44N2/c1-10-21(7,8)18-16-14-12-13-15-17-19(3)22(9)23(11-2)20(4,5)6/h12,14,19H,10-11,13,15-18H2,1-9H3. The van der Waals surface area contributed by atoms with Crippen molar-refractivity contribution in [3.63, 3.8) is 0 Å². The second-order valence-corrected chi connectivity index (χ2v) is 8.77. The van der Waals surface area contributed by atoms with Crippen LogP contribution in [0.25, 0.3) is 0 Å². The maximum atomic E-state index is 2.47. The van der Waals surface area contributed by atoms with Crippen molar-refractivity contribution in [1.82, 2.24) is 10.0 Å². The topological polar surface area (TPSA) is 6.48 Å². The highest BCUT2D eigenvalue weighted by Crippen LogP contribution is 2.26. The molecule has 0 aromatic heterocycles. The Balaban J connectivity index is 4.04. The molecule has 0 bridgehead atoms. The van der Waals surface area contributed by atoms with Gasteiger partial charge in [0, 0.05) is 25.2 Å². The lowest BCUT2D eigenvalue weighted by molar-refractivity contribution is -0.0936. The molecule has 2 nitrogen and oxygen atoms in total. The Bertz CT molecular complexity index is 325. The maximum Gasteiger partial charge on any atom is 0.0272 e. The minimum atomic E-state index is 0.198. The molecule has 0 amide bonds. The minimum absolute atomic E-state index is 0.198. The van der Waals surface area contributed by atoms with Crippen LogP contribution in [-0.4, -0.2) is 35.2 Å². The molecule has 0 N–H and O–H groups in total. The average Bonchev–Trinajstić information content (AvgIpc) is 2.45. The summed E-state index contributed by atoms with van der Waals surface area (Å²) in [5.41, 5.74) is 0.696. The van der Waals surface area contributed by atoms with Crippen LogP contribution in [-0.2, 0) is 0 Å². The Morgan fingerprint density at radius 3 is 2.00 bits per heavy atom. The van der Waals surface area contributed by atoms with Gasteiger partial charge in [0.15, 0.2) is 0 Å². The molecule has 0 fully saturated rings. The van der Waals surface area contributed by atoms with E-state index >= 15 is 0 Å². The molecule has 0 aliphatic rings. The van der Waals surface area contributed by atoms with Gasteiger partial charge in [-0.05, 0) is 65.2 Å². The van der Waals surface area contributed by atoms with E-state index in [0.717, 1.165) is 6.54 Å². The van der Waals surface area contributed by atoms with E-state index < -0.39 is 0 Å². The maximum absolute atomic E-state index is 2.47. The molecule has 1 atom stereocenters. The Hall–Kier alpha value is -0.340. The zero-order chi connectivity index (χ0) is 18.1. The van der Waals surface area contributed by atoms with Gasteiger partial charge in [-0.2, -0.15) is 0 Å². The lowest BCUT2D eigenvalue weighted by atomic mass is 9.85. The normalized spacial score (nSPS) is 15.1. The summed E-state index contributed by atoms with van der Waals surface area (Å²) in [7, 11) is 2.24. The Morgan fingerprint density at radius 2 is 1.52 bits per heavy atom. The van der Waals surface area contributed by atoms with Crippen LogP contribution in [0.15, 0.2) is 12.2 Å². The van der Waals surface area contributed by atoms with Crippen molar-refractivity contribution in [2.24, 2.45) is 5.41 Å². The van der Waals surface area contributed by atoms with E-state index in [0.29, 0.717) is 11.5 Å². The molecule has 23 heavy (non-hydrogen) atoms. The van der Waals surface area contributed by atoms with Gasteiger partial charge in [-0.25, -0.2) is 10.0 Å². The van der Waals surface area contributed by atoms with E-state index in [1.165, 1.54) is 38.5 Å². The molecule has 0 saturated heterocycles. The number of hydrazine groups is 1. The Kier molecular flexibility index (Phi) is 10.4. The van der Waals surface area contributed by atoms with Gasteiger partial charge in [0.25, 0.3) is 0 Å². The van der Waals surface area contributed by atoms with Crippen LogP contribution in [0.1, 0.15) is 93.9 Å². The van der Waals surface area contributed by atoms with E-state index in [1.54, 1.807) is 0 Å². The molecular formula is C21H44N2. The van der Waals surface area contributed by atoms with Gasteiger partial charge in [0.05, 0.1) is 0 Å². The largest absolute Gasteiger partial charge is 0.242 e. The first-order chi connectivity index (χ1) is 10.5. The molecule has 0 heterocycles. The van der Waals surface area contributed by atoms with Crippen molar-refractivity contribution >= 4 is 0 Å². The zero-order valence-corrected chi connectivity index (χ0v) is 17.6. The molecule has 0 saturated carbocycles. The fourth-order valence-electron chi connectivity index (χ4n) is 3.01. The lowest BCUT2D eigenvalue weighted by Crippen LogP contribution is -2.54. The van der Waals surface area contributed by atoms with Gasteiger partial charge in [-0.3, -0.25) is 0 Å². The van der Waals surface area contributed by atoms with Crippen LogP contribution in [0.4, 0.5) is 0 Å². The molecule has 0 aliphatic heterocycles. The van der Waals surface area contributed by atoms with Gasteiger partial charge in [-0.1, -0.05) is 46.3 Å². The molecule has 1 unspecified atom stereocenters. The summed E-state index contributed by atoms with van der Waals surface area (Å²) in [4.78, 5) is 0. The van der Waals surface area contributed by atoms with E-state index in [2.05, 4.69) is 84.6 Å². The predicted molar refractivity (Wildman–Crippen MR) is 106 cm³/mol. The summed E-state index contributed by atoms with van der Waals surface area (Å²) in [6, 6.07) is 0.599. The van der Waals surface area contributed by atoms with Crippen molar-refractivity contribution < 1.29 is 0 Å². The third-order valence-electron chi connectivity index (χ3n) is 5.20. The molecule has 0 aromatic carbocycles. The van der Waals surface area contributed by atoms with E-state index in [4.69, 9.17) is 0 Å². The Labute approximate surface area is 147 Å². The highest BCUT2D eigenvalue weighted by atomic mass is 15.6. The highest BCUT2D eigenvalue weighted by molar-refractivity contribution is 4.84. The molecule has 138 valence electrons. The summed E-state index contributed by atoms with van der Waals surface area (Å²) in [5, 5.41) is 4.91. The van der Waals surface area contributed by atoms with Gasteiger partial charge < -0.3 is 0 Å². The quantitative estimate of drug-likeness (QED) is 0.250. The molecule has 0 radical (unpaired) electrons. The summed E-state index contributed by atoms with van der Waals surface area (Å²) in [5.74, 6) is 0. The minimum Gasteiger partial charge on any atom is -0.242 e. The van der Waals surface area contributed by atoms with Gasteiger partial charge >= 0.3 is 0 Å². The summed E-state index contributed by atoms with van der Waals surface area (Å²) >= 11 is 0. The first kappa shape index (κ1) is 22.7. The summed E-state index contributed by atoms with van der Waals surface area (Å²) in [6.07, 6.45) is 12.3. The first-order valence-corrected chi connectivity index (χ1v) is 9.70. The lowest BCUT2D eigenvalue weighted by Gasteiger charge is -2.44. The second-order valence-electron chi connectivity index (χ2n) is 8.77. The summed E-state index contributed by atoms with van der Waals surface area (Å²) < 4.78 is 0. The number of nitrogens with zero attached hydrogens (tertiary/aromatic N) is 2. The van der Waals surface area contributed by atoms with E-state index in [1.807, 2.05) is 0 Å². The first-order valence-electron chi connectivity index (χ1n) is 9.70. The second kappa shape index (κ2) is 10.5. The third-order valence-corrected chi connectivity index (χ3v) is 5.20. The van der Waals surface area contributed by atoms with Crippen LogP contribution in [0.3, 0.4) is 0 Å². The highest BCUT2D eigenvalue weighted by Gasteiger charge is 2.25. The van der Waals surface area contributed by atoms with E-state index in [9.17, 15) is 0 Å². The van der Waals surface area contributed by atoms with Crippen molar-refractivity contribution in [1.29, 1.82) is 0 Å². The molecule has 0 aromatic rings. The van der Waals surface area contributed by atoms with Crippen LogP contribution in [0, 0.1) is 5.41 Å². The van der Waals surface area contributed by atoms with Crippen LogP contribution >= 0.6 is 0 Å². The molecule has 2 heteroatoms. The van der Waals surface area contributed by atoms with Crippen LogP contribution in [0.2, 0.25) is 0 Å². The van der Waals surface area contributed by atoms with Gasteiger partial charge in [0.1, 0.15) is 0 Å². The monoisotopic (exact) mass is 324 g/mol. The molecule has 0 aliphatic carbocycles. The van der Waals surface area contributed by atoms with Crippen molar-refractivity contribution in [2.45, 2.75) is 105 Å².